The Balaban J connectivity index is 1.78. The number of aromatic nitrogens is 2. The second-order valence-corrected chi connectivity index (χ2v) is 7.17. The van der Waals surface area contributed by atoms with Crippen molar-refractivity contribution in [1.29, 1.82) is 0 Å². The molecule has 2 aromatic heterocycles. The highest BCUT2D eigenvalue weighted by molar-refractivity contribution is 7.07. The van der Waals surface area contributed by atoms with Crippen molar-refractivity contribution >= 4 is 34.1 Å². The number of para-hydroxylation sites is 1. The maximum atomic E-state index is 4.84. The zero-order valence-electron chi connectivity index (χ0n) is 15.0. The molecular weight excluding hydrogens is 340 g/mol. The molecule has 0 unspecified atom stereocenters. The first-order valence-corrected chi connectivity index (χ1v) is 9.40. The topological polar surface area (TPSA) is 45.4 Å². The lowest BCUT2D eigenvalue weighted by Gasteiger charge is -2.03. The molecule has 0 saturated heterocycles. The van der Waals surface area contributed by atoms with Crippen LogP contribution in [0.15, 0.2) is 64.1 Å². The summed E-state index contributed by atoms with van der Waals surface area (Å²) >= 11 is 1.60. The third-order valence-electron chi connectivity index (χ3n) is 4.58. The molecule has 4 aromatic rings. The van der Waals surface area contributed by atoms with Crippen LogP contribution in [-0.4, -0.2) is 15.9 Å². The van der Waals surface area contributed by atoms with Gasteiger partial charge < -0.3 is 4.98 Å². The fraction of sp³-hybridized carbons (Fsp3) is 0.143. The van der Waals surface area contributed by atoms with Crippen LogP contribution in [-0.2, 0) is 0 Å². The molecule has 0 amide bonds. The Morgan fingerprint density at radius 2 is 1.88 bits per heavy atom. The molecule has 0 aliphatic carbocycles. The Hall–Kier alpha value is -2.92. The fourth-order valence-electron chi connectivity index (χ4n) is 2.88. The lowest BCUT2D eigenvalue weighted by atomic mass is 10.1. The molecule has 2 heterocycles. The summed E-state index contributed by atoms with van der Waals surface area (Å²) in [4.78, 5) is 8.99. The molecule has 0 saturated carbocycles. The van der Waals surface area contributed by atoms with Crippen LogP contribution in [0, 0.1) is 20.8 Å². The predicted octanol–water partition coefficient (Wildman–Crippen LogP) is 5.07. The van der Waals surface area contributed by atoms with Crippen molar-refractivity contribution in [3.8, 4) is 0 Å². The largest absolute Gasteiger partial charge is 0.361 e. The number of nitrogens with zero attached hydrogens (tertiary/aromatic N) is 3. The minimum atomic E-state index is 0.868. The SMILES string of the molecule is Cc1cccc(N=c2scc(C)n2N=Cc2c[nH]c3ccccc23)c1C. The highest BCUT2D eigenvalue weighted by Crippen LogP contribution is 2.21. The average molecular weight is 360 g/mol. The van der Waals surface area contributed by atoms with Crippen LogP contribution in [0.3, 0.4) is 0 Å². The van der Waals surface area contributed by atoms with E-state index in [4.69, 9.17) is 10.1 Å². The smallest absolute Gasteiger partial charge is 0.211 e. The van der Waals surface area contributed by atoms with Gasteiger partial charge in [0.2, 0.25) is 4.80 Å². The average Bonchev–Trinajstić information content (AvgIpc) is 3.21. The number of benzene rings is 2. The van der Waals surface area contributed by atoms with Crippen molar-refractivity contribution in [2.24, 2.45) is 10.1 Å². The molecule has 0 bridgehead atoms. The second kappa shape index (κ2) is 6.77. The molecule has 130 valence electrons. The number of hydrogen-bond acceptors (Lipinski definition) is 3. The number of hydrogen-bond donors (Lipinski definition) is 1. The number of aryl methyl sites for hydroxylation is 2. The molecule has 26 heavy (non-hydrogen) atoms. The lowest BCUT2D eigenvalue weighted by molar-refractivity contribution is 0.809. The summed E-state index contributed by atoms with van der Waals surface area (Å²) in [5, 5.41) is 7.94. The maximum Gasteiger partial charge on any atom is 0.211 e. The minimum Gasteiger partial charge on any atom is -0.361 e. The number of fused-ring (bicyclic) bond motifs is 1. The summed E-state index contributed by atoms with van der Waals surface area (Å²) in [6, 6.07) is 14.4. The van der Waals surface area contributed by atoms with E-state index in [9.17, 15) is 0 Å². The van der Waals surface area contributed by atoms with Crippen molar-refractivity contribution in [3.63, 3.8) is 0 Å². The van der Waals surface area contributed by atoms with E-state index in [1.165, 1.54) is 11.1 Å². The van der Waals surface area contributed by atoms with Gasteiger partial charge in [0.1, 0.15) is 0 Å². The van der Waals surface area contributed by atoms with Gasteiger partial charge in [0.25, 0.3) is 0 Å². The van der Waals surface area contributed by atoms with E-state index in [2.05, 4.69) is 42.4 Å². The Bertz CT molecular complexity index is 1170. The van der Waals surface area contributed by atoms with Crippen LogP contribution in [0.2, 0.25) is 0 Å². The van der Waals surface area contributed by atoms with Gasteiger partial charge in [0.15, 0.2) is 0 Å². The zero-order chi connectivity index (χ0) is 18.1. The third-order valence-corrected chi connectivity index (χ3v) is 5.51. The highest BCUT2D eigenvalue weighted by atomic mass is 32.1. The third kappa shape index (κ3) is 3.02. The van der Waals surface area contributed by atoms with Crippen LogP contribution in [0.4, 0.5) is 5.69 Å². The molecule has 0 aliphatic heterocycles. The molecule has 0 atom stereocenters. The zero-order valence-corrected chi connectivity index (χ0v) is 15.8. The van der Waals surface area contributed by atoms with Gasteiger partial charge in [0, 0.05) is 28.0 Å². The first-order chi connectivity index (χ1) is 12.6. The first-order valence-electron chi connectivity index (χ1n) is 8.52. The first kappa shape index (κ1) is 16.5. The molecule has 0 fully saturated rings. The molecule has 0 aliphatic rings. The number of rotatable bonds is 3. The van der Waals surface area contributed by atoms with Gasteiger partial charge in [-0.2, -0.15) is 5.10 Å². The van der Waals surface area contributed by atoms with E-state index < -0.39 is 0 Å². The highest BCUT2D eigenvalue weighted by Gasteiger charge is 2.04. The van der Waals surface area contributed by atoms with Gasteiger partial charge in [-0.1, -0.05) is 30.3 Å². The summed E-state index contributed by atoms with van der Waals surface area (Å²) in [5.41, 5.74) is 6.68. The summed E-state index contributed by atoms with van der Waals surface area (Å²) in [6.45, 7) is 6.26. The van der Waals surface area contributed by atoms with Gasteiger partial charge in [-0.25, -0.2) is 9.67 Å². The van der Waals surface area contributed by atoms with Crippen molar-refractivity contribution in [2.75, 3.05) is 0 Å². The molecule has 4 nitrogen and oxygen atoms in total. The van der Waals surface area contributed by atoms with E-state index in [-0.39, 0.29) is 0 Å². The number of nitrogens with one attached hydrogen (secondary N) is 1. The molecule has 0 radical (unpaired) electrons. The van der Waals surface area contributed by atoms with Gasteiger partial charge in [0.05, 0.1) is 17.6 Å². The monoisotopic (exact) mass is 360 g/mol. The normalized spacial score (nSPS) is 12.5. The molecule has 0 spiro atoms. The Labute approximate surface area is 156 Å². The van der Waals surface area contributed by atoms with E-state index >= 15 is 0 Å². The van der Waals surface area contributed by atoms with Gasteiger partial charge in [-0.05, 0) is 44.0 Å². The quantitative estimate of drug-likeness (QED) is 0.496. The molecule has 4 rings (SSSR count). The summed E-state index contributed by atoms with van der Waals surface area (Å²) in [7, 11) is 0. The van der Waals surface area contributed by atoms with Crippen molar-refractivity contribution in [2.45, 2.75) is 20.8 Å². The van der Waals surface area contributed by atoms with E-state index in [0.717, 1.165) is 32.6 Å². The number of H-pyrrole nitrogens is 1. The van der Waals surface area contributed by atoms with Gasteiger partial charge >= 0.3 is 0 Å². The Morgan fingerprint density at radius 1 is 1.04 bits per heavy atom. The molecule has 2 aromatic carbocycles. The van der Waals surface area contributed by atoms with Crippen LogP contribution >= 0.6 is 11.3 Å². The number of aromatic amines is 1. The maximum absolute atomic E-state index is 4.84. The molecular formula is C21H20N4S. The van der Waals surface area contributed by atoms with Crippen LogP contribution in [0.5, 0.6) is 0 Å². The summed E-state index contributed by atoms with van der Waals surface area (Å²) in [5.74, 6) is 0. The lowest BCUT2D eigenvalue weighted by Crippen LogP contribution is -2.11. The predicted molar refractivity (Wildman–Crippen MR) is 109 cm³/mol. The van der Waals surface area contributed by atoms with Crippen molar-refractivity contribution < 1.29 is 0 Å². The van der Waals surface area contributed by atoms with Gasteiger partial charge in [-0.3, -0.25) is 0 Å². The van der Waals surface area contributed by atoms with Gasteiger partial charge in [-0.15, -0.1) is 11.3 Å². The van der Waals surface area contributed by atoms with Crippen molar-refractivity contribution in [1.82, 2.24) is 9.66 Å². The van der Waals surface area contributed by atoms with E-state index in [1.807, 2.05) is 48.3 Å². The molecule has 5 heteroatoms. The second-order valence-electron chi connectivity index (χ2n) is 6.34. The number of thiazole rings is 1. The van der Waals surface area contributed by atoms with E-state index in [0.29, 0.717) is 0 Å². The Kier molecular flexibility index (Phi) is 4.31. The summed E-state index contributed by atoms with van der Waals surface area (Å²) in [6.07, 6.45) is 3.87. The van der Waals surface area contributed by atoms with Crippen LogP contribution < -0.4 is 4.80 Å². The van der Waals surface area contributed by atoms with Crippen molar-refractivity contribution in [3.05, 3.63) is 81.2 Å². The summed E-state index contributed by atoms with van der Waals surface area (Å²) < 4.78 is 1.90. The molecule has 1 N–H and O–H groups in total. The minimum absolute atomic E-state index is 0.868. The van der Waals surface area contributed by atoms with E-state index in [1.54, 1.807) is 11.3 Å². The fourth-order valence-corrected chi connectivity index (χ4v) is 3.70. The standard InChI is InChI=1S/C21H20N4S/c1-14-7-6-10-19(16(14)3)24-21-25(15(2)13-26-21)23-12-17-11-22-20-9-5-4-8-18(17)20/h4-13,22H,1-3H3. The Morgan fingerprint density at radius 3 is 2.77 bits per heavy atom. The van der Waals surface area contributed by atoms with Crippen LogP contribution in [0.25, 0.3) is 10.9 Å². The van der Waals surface area contributed by atoms with Crippen LogP contribution in [0.1, 0.15) is 22.4 Å².